The van der Waals surface area contributed by atoms with Gasteiger partial charge in [0.05, 0.1) is 6.26 Å². The number of rotatable bonds is 3. The van der Waals surface area contributed by atoms with Crippen LogP contribution in [0.15, 0.2) is 18.2 Å². The molecule has 1 aromatic carbocycles. The molecule has 0 aromatic heterocycles. The van der Waals surface area contributed by atoms with E-state index in [2.05, 4.69) is 4.72 Å². The Bertz CT molecular complexity index is 428. The van der Waals surface area contributed by atoms with Crippen LogP contribution >= 0.6 is 0 Å². The van der Waals surface area contributed by atoms with Gasteiger partial charge in [-0.15, -0.1) is 0 Å². The van der Waals surface area contributed by atoms with Gasteiger partial charge in [0.25, 0.3) is 0 Å². The number of sulfonamides is 1. The summed E-state index contributed by atoms with van der Waals surface area (Å²) >= 11 is 0. The summed E-state index contributed by atoms with van der Waals surface area (Å²) in [7, 11) is -3.25. The fraction of sp³-hybridized carbons (Fsp3) is 0.250. The second-order valence-electron chi connectivity index (χ2n) is 2.98. The number of hydrogen-bond donors (Lipinski definition) is 3. The first-order valence-electron chi connectivity index (χ1n) is 3.90. The summed E-state index contributed by atoms with van der Waals surface area (Å²) < 4.78 is 23.8. The molecule has 0 saturated heterocycles. The van der Waals surface area contributed by atoms with Gasteiger partial charge in [0.2, 0.25) is 10.0 Å². The summed E-state index contributed by atoms with van der Waals surface area (Å²) in [5.41, 5.74) is 6.41. The molecule has 4 N–H and O–H groups in total. The smallest absolute Gasteiger partial charge is 0.209 e. The molecular weight excluding hydrogens is 204 g/mol. The second kappa shape index (κ2) is 3.85. The molecule has 0 unspecified atom stereocenters. The number of phenolic OH excluding ortho intramolecular Hbond substituents is 1. The van der Waals surface area contributed by atoms with Crippen molar-refractivity contribution in [1.82, 2.24) is 4.72 Å². The molecule has 0 bridgehead atoms. The van der Waals surface area contributed by atoms with Gasteiger partial charge in [0.15, 0.2) is 0 Å². The molecule has 1 rings (SSSR count). The summed E-state index contributed by atoms with van der Waals surface area (Å²) in [6.45, 7) is 0.0374. The Morgan fingerprint density at radius 2 is 2.14 bits per heavy atom. The highest BCUT2D eigenvalue weighted by Gasteiger charge is 2.05. The van der Waals surface area contributed by atoms with Gasteiger partial charge in [-0.3, -0.25) is 0 Å². The number of nitrogen functional groups attached to an aromatic ring is 1. The molecule has 5 nitrogen and oxygen atoms in total. The zero-order valence-corrected chi connectivity index (χ0v) is 8.50. The molecule has 78 valence electrons. The number of aromatic hydroxyl groups is 1. The van der Waals surface area contributed by atoms with E-state index in [0.29, 0.717) is 11.3 Å². The standard InChI is InChI=1S/C8H12N2O3S/c1-14(12,13)10-5-6-4-7(9)2-3-8(6)11/h2-4,10-11H,5,9H2,1H3. The van der Waals surface area contributed by atoms with Crippen LogP contribution in [0.1, 0.15) is 5.56 Å². The fourth-order valence-electron chi connectivity index (χ4n) is 0.956. The minimum Gasteiger partial charge on any atom is -0.508 e. The van der Waals surface area contributed by atoms with E-state index in [1.165, 1.54) is 12.1 Å². The fourth-order valence-corrected chi connectivity index (χ4v) is 1.37. The highest BCUT2D eigenvalue weighted by atomic mass is 32.2. The van der Waals surface area contributed by atoms with Crippen molar-refractivity contribution in [3.05, 3.63) is 23.8 Å². The van der Waals surface area contributed by atoms with Crippen LogP contribution in [-0.2, 0) is 16.6 Å². The highest BCUT2D eigenvalue weighted by molar-refractivity contribution is 7.88. The van der Waals surface area contributed by atoms with E-state index in [0.717, 1.165) is 6.26 Å². The van der Waals surface area contributed by atoms with E-state index in [4.69, 9.17) is 5.73 Å². The number of nitrogens with one attached hydrogen (secondary N) is 1. The molecule has 0 fully saturated rings. The SMILES string of the molecule is CS(=O)(=O)NCc1cc(N)ccc1O. The normalized spacial score (nSPS) is 11.5. The zero-order valence-electron chi connectivity index (χ0n) is 7.69. The quantitative estimate of drug-likeness (QED) is 0.490. The molecule has 14 heavy (non-hydrogen) atoms. The van der Waals surface area contributed by atoms with E-state index in [1.54, 1.807) is 6.07 Å². The number of benzene rings is 1. The van der Waals surface area contributed by atoms with Crippen LogP contribution in [0, 0.1) is 0 Å². The molecule has 0 saturated carbocycles. The van der Waals surface area contributed by atoms with Crippen LogP contribution in [0.3, 0.4) is 0 Å². The highest BCUT2D eigenvalue weighted by Crippen LogP contribution is 2.19. The van der Waals surface area contributed by atoms with Crippen molar-refractivity contribution in [3.63, 3.8) is 0 Å². The van der Waals surface area contributed by atoms with Crippen LogP contribution in [0.2, 0.25) is 0 Å². The van der Waals surface area contributed by atoms with Gasteiger partial charge in [-0.2, -0.15) is 0 Å². The van der Waals surface area contributed by atoms with Crippen molar-refractivity contribution < 1.29 is 13.5 Å². The first-order valence-corrected chi connectivity index (χ1v) is 5.79. The Kier molecular flexibility index (Phi) is 2.97. The molecular formula is C8H12N2O3S. The van der Waals surface area contributed by atoms with Gasteiger partial charge >= 0.3 is 0 Å². The predicted octanol–water partition coefficient (Wildman–Crippen LogP) is 0.0236. The van der Waals surface area contributed by atoms with Crippen molar-refractivity contribution in [2.45, 2.75) is 6.54 Å². The van der Waals surface area contributed by atoms with Crippen LogP contribution in [0.4, 0.5) is 5.69 Å². The van der Waals surface area contributed by atoms with Crippen LogP contribution in [0.25, 0.3) is 0 Å². The summed E-state index contributed by atoms with van der Waals surface area (Å²) in [5.74, 6) is 0.0235. The van der Waals surface area contributed by atoms with Gasteiger partial charge in [-0.05, 0) is 18.2 Å². The Morgan fingerprint density at radius 1 is 1.50 bits per heavy atom. The van der Waals surface area contributed by atoms with Crippen molar-refractivity contribution in [3.8, 4) is 5.75 Å². The number of phenols is 1. The molecule has 1 aromatic rings. The average Bonchev–Trinajstić information content (AvgIpc) is 2.05. The van der Waals surface area contributed by atoms with Crippen molar-refractivity contribution in [1.29, 1.82) is 0 Å². The van der Waals surface area contributed by atoms with Crippen molar-refractivity contribution in [2.75, 3.05) is 12.0 Å². The Hall–Kier alpha value is -1.27. The predicted molar refractivity (Wildman–Crippen MR) is 54.2 cm³/mol. The zero-order chi connectivity index (χ0) is 10.8. The number of hydrogen-bond acceptors (Lipinski definition) is 4. The average molecular weight is 216 g/mol. The lowest BCUT2D eigenvalue weighted by atomic mass is 10.2. The Morgan fingerprint density at radius 3 is 2.71 bits per heavy atom. The maximum absolute atomic E-state index is 10.8. The lowest BCUT2D eigenvalue weighted by Crippen LogP contribution is -2.21. The van der Waals surface area contributed by atoms with Gasteiger partial charge in [0.1, 0.15) is 5.75 Å². The summed E-state index contributed by atoms with van der Waals surface area (Å²) in [5, 5.41) is 9.34. The van der Waals surface area contributed by atoms with E-state index in [9.17, 15) is 13.5 Å². The second-order valence-corrected chi connectivity index (χ2v) is 4.81. The Labute approximate surface area is 82.6 Å². The van der Waals surface area contributed by atoms with Crippen molar-refractivity contribution in [2.24, 2.45) is 0 Å². The third-order valence-electron chi connectivity index (χ3n) is 1.63. The van der Waals surface area contributed by atoms with Gasteiger partial charge in [-0.25, -0.2) is 13.1 Å². The molecule has 0 spiro atoms. The molecule has 0 atom stereocenters. The first kappa shape index (κ1) is 10.8. The van der Waals surface area contributed by atoms with Gasteiger partial charge in [0, 0.05) is 17.8 Å². The minimum atomic E-state index is -3.25. The number of nitrogens with two attached hydrogens (primary N) is 1. The largest absolute Gasteiger partial charge is 0.508 e. The first-order chi connectivity index (χ1) is 6.38. The third-order valence-corrected chi connectivity index (χ3v) is 2.30. The molecule has 0 amide bonds. The van der Waals surface area contributed by atoms with Crippen LogP contribution < -0.4 is 10.5 Å². The maximum atomic E-state index is 10.8. The van der Waals surface area contributed by atoms with Crippen LogP contribution in [-0.4, -0.2) is 19.8 Å². The molecule has 0 aliphatic carbocycles. The molecule has 0 radical (unpaired) electrons. The van der Waals surface area contributed by atoms with Gasteiger partial charge in [-0.1, -0.05) is 0 Å². The van der Waals surface area contributed by atoms with Crippen LogP contribution in [0.5, 0.6) is 5.75 Å². The van der Waals surface area contributed by atoms with E-state index < -0.39 is 10.0 Å². The monoisotopic (exact) mass is 216 g/mol. The summed E-state index contributed by atoms with van der Waals surface area (Å²) in [6.07, 6.45) is 1.05. The minimum absolute atomic E-state index is 0.0235. The van der Waals surface area contributed by atoms with E-state index >= 15 is 0 Å². The van der Waals surface area contributed by atoms with Crippen molar-refractivity contribution >= 4 is 15.7 Å². The molecule has 0 aliphatic rings. The summed E-state index contributed by atoms with van der Waals surface area (Å²) in [4.78, 5) is 0. The third kappa shape index (κ3) is 3.23. The topological polar surface area (TPSA) is 92.4 Å². The van der Waals surface area contributed by atoms with Gasteiger partial charge < -0.3 is 10.8 Å². The Balaban J connectivity index is 2.81. The molecule has 0 aliphatic heterocycles. The van der Waals surface area contributed by atoms with E-state index in [1.807, 2.05) is 0 Å². The summed E-state index contributed by atoms with van der Waals surface area (Å²) in [6, 6.07) is 4.49. The molecule has 6 heteroatoms. The van der Waals surface area contributed by atoms with E-state index in [-0.39, 0.29) is 12.3 Å². The lowest BCUT2D eigenvalue weighted by molar-refractivity contribution is 0.467. The lowest BCUT2D eigenvalue weighted by Gasteiger charge is -2.05. The maximum Gasteiger partial charge on any atom is 0.209 e. The molecule has 0 heterocycles. The number of anilines is 1.